The molecule has 1 N–H and O–H groups in total. The standard InChI is InChI=1S/C25H22ClFN2O2/c26-19-5-3-6-21(16-19)31-25-13-2-1-4-18(25)9-12-22(28-25)24(14-15-24)29-23(30)17-7-10-20(27)11-8-17/h3-12,16H,1-2,13-15H2,(H,29,30). The lowest BCUT2D eigenvalue weighted by Crippen LogP contribution is -2.47. The van der Waals surface area contributed by atoms with E-state index in [2.05, 4.69) is 17.5 Å². The third-order valence-electron chi connectivity index (χ3n) is 6.04. The molecule has 1 saturated carbocycles. The Labute approximate surface area is 185 Å². The Morgan fingerprint density at radius 1 is 1.10 bits per heavy atom. The molecule has 6 heteroatoms. The van der Waals surface area contributed by atoms with E-state index in [1.165, 1.54) is 24.3 Å². The molecule has 2 aliphatic carbocycles. The van der Waals surface area contributed by atoms with Gasteiger partial charge in [-0.25, -0.2) is 9.38 Å². The SMILES string of the molecule is O=C(NC1(C2=NC3(Oc4cccc(Cl)c4)CCCC=C3C=C2)CC1)c1ccc(F)cc1. The molecule has 1 atom stereocenters. The van der Waals surface area contributed by atoms with Crippen LogP contribution in [0.5, 0.6) is 5.75 Å². The summed E-state index contributed by atoms with van der Waals surface area (Å²) < 4.78 is 19.6. The summed E-state index contributed by atoms with van der Waals surface area (Å²) in [7, 11) is 0. The van der Waals surface area contributed by atoms with E-state index in [0.717, 1.165) is 43.4 Å². The van der Waals surface area contributed by atoms with Crippen molar-refractivity contribution < 1.29 is 13.9 Å². The molecule has 4 nitrogen and oxygen atoms in total. The minimum atomic E-state index is -0.816. The van der Waals surface area contributed by atoms with Gasteiger partial charge in [0.05, 0.1) is 11.3 Å². The van der Waals surface area contributed by atoms with Crippen molar-refractivity contribution in [3.05, 3.63) is 88.7 Å². The quantitative estimate of drug-likeness (QED) is 0.659. The second kappa shape index (κ2) is 7.65. The minimum Gasteiger partial charge on any atom is -0.462 e. The fourth-order valence-corrected chi connectivity index (χ4v) is 4.39. The van der Waals surface area contributed by atoms with Gasteiger partial charge in [0.2, 0.25) is 5.72 Å². The zero-order valence-electron chi connectivity index (χ0n) is 16.9. The van der Waals surface area contributed by atoms with Gasteiger partial charge in [-0.2, -0.15) is 0 Å². The van der Waals surface area contributed by atoms with Crippen LogP contribution >= 0.6 is 11.6 Å². The number of hydrogen-bond donors (Lipinski definition) is 1. The normalized spacial score (nSPS) is 23.3. The molecule has 0 radical (unpaired) electrons. The molecule has 1 unspecified atom stereocenters. The maximum Gasteiger partial charge on any atom is 0.252 e. The predicted octanol–water partition coefficient (Wildman–Crippen LogP) is 5.64. The van der Waals surface area contributed by atoms with Gasteiger partial charge in [0.15, 0.2) is 0 Å². The van der Waals surface area contributed by atoms with Gasteiger partial charge in [-0.1, -0.05) is 29.8 Å². The molecule has 31 heavy (non-hydrogen) atoms. The number of nitrogens with zero attached hydrogens (tertiary/aromatic N) is 1. The van der Waals surface area contributed by atoms with Crippen molar-refractivity contribution in [2.45, 2.75) is 43.4 Å². The molecule has 1 fully saturated rings. The van der Waals surface area contributed by atoms with Crippen LogP contribution < -0.4 is 10.1 Å². The van der Waals surface area contributed by atoms with Crippen LogP contribution in [-0.2, 0) is 0 Å². The molecule has 1 heterocycles. The molecule has 0 bridgehead atoms. The lowest BCUT2D eigenvalue weighted by Gasteiger charge is -2.38. The summed E-state index contributed by atoms with van der Waals surface area (Å²) in [6.07, 6.45) is 10.5. The van der Waals surface area contributed by atoms with E-state index >= 15 is 0 Å². The first kappa shape index (κ1) is 20.0. The molecule has 0 saturated heterocycles. The topological polar surface area (TPSA) is 50.7 Å². The zero-order valence-corrected chi connectivity index (χ0v) is 17.7. The van der Waals surface area contributed by atoms with E-state index in [-0.39, 0.29) is 11.7 Å². The maximum absolute atomic E-state index is 13.2. The number of halogens is 2. The first-order chi connectivity index (χ1) is 15.0. The highest BCUT2D eigenvalue weighted by Gasteiger charge is 2.51. The molecule has 0 aromatic heterocycles. The van der Waals surface area contributed by atoms with Crippen LogP contribution in [-0.4, -0.2) is 22.9 Å². The summed E-state index contributed by atoms with van der Waals surface area (Å²) in [5.74, 6) is 0.0660. The number of carbonyl (C=O) groups is 1. The van der Waals surface area contributed by atoms with E-state index < -0.39 is 11.3 Å². The molecular weight excluding hydrogens is 415 g/mol. The second-order valence-electron chi connectivity index (χ2n) is 8.27. The van der Waals surface area contributed by atoms with Crippen LogP contribution in [0.25, 0.3) is 0 Å². The van der Waals surface area contributed by atoms with Crippen molar-refractivity contribution in [3.8, 4) is 5.75 Å². The van der Waals surface area contributed by atoms with Gasteiger partial charge < -0.3 is 10.1 Å². The summed E-state index contributed by atoms with van der Waals surface area (Å²) >= 11 is 6.16. The minimum absolute atomic E-state index is 0.233. The van der Waals surface area contributed by atoms with Crippen LogP contribution in [0.4, 0.5) is 4.39 Å². The smallest absolute Gasteiger partial charge is 0.252 e. The van der Waals surface area contributed by atoms with Gasteiger partial charge in [-0.15, -0.1) is 0 Å². The Morgan fingerprint density at radius 3 is 2.65 bits per heavy atom. The first-order valence-electron chi connectivity index (χ1n) is 10.5. The Bertz CT molecular complexity index is 1120. The number of rotatable bonds is 5. The number of amides is 1. The molecule has 158 valence electrons. The fraction of sp³-hybridized carbons (Fsp3) is 0.280. The number of carbonyl (C=O) groups excluding carboxylic acids is 1. The van der Waals surface area contributed by atoms with Crippen LogP contribution in [0.2, 0.25) is 5.02 Å². The van der Waals surface area contributed by atoms with Gasteiger partial charge in [0, 0.05) is 22.6 Å². The van der Waals surface area contributed by atoms with Crippen LogP contribution in [0.1, 0.15) is 42.5 Å². The maximum atomic E-state index is 13.2. The highest BCUT2D eigenvalue weighted by molar-refractivity contribution is 6.30. The Kier molecular flexibility index (Phi) is 4.94. The average Bonchev–Trinajstić information content (AvgIpc) is 3.54. The van der Waals surface area contributed by atoms with Crippen molar-refractivity contribution in [1.29, 1.82) is 0 Å². The average molecular weight is 437 g/mol. The van der Waals surface area contributed by atoms with Crippen molar-refractivity contribution in [3.63, 3.8) is 0 Å². The van der Waals surface area contributed by atoms with Gasteiger partial charge in [0.25, 0.3) is 5.91 Å². The van der Waals surface area contributed by atoms with E-state index in [9.17, 15) is 9.18 Å². The highest BCUT2D eigenvalue weighted by atomic mass is 35.5. The monoisotopic (exact) mass is 436 g/mol. The number of dihydropyridines is 1. The third kappa shape index (κ3) is 3.90. The number of hydrogen-bond acceptors (Lipinski definition) is 3. The molecule has 1 amide bonds. The molecule has 2 aromatic rings. The largest absolute Gasteiger partial charge is 0.462 e. The zero-order chi connectivity index (χ0) is 21.5. The number of nitrogens with one attached hydrogen (secondary N) is 1. The van der Waals surface area contributed by atoms with Crippen LogP contribution in [0.3, 0.4) is 0 Å². The number of benzene rings is 2. The van der Waals surface area contributed by atoms with Crippen molar-refractivity contribution in [2.24, 2.45) is 4.99 Å². The van der Waals surface area contributed by atoms with Crippen LogP contribution in [0.15, 0.2) is 77.3 Å². The summed E-state index contributed by atoms with van der Waals surface area (Å²) in [5, 5.41) is 3.73. The summed E-state index contributed by atoms with van der Waals surface area (Å²) in [5.41, 5.74) is 0.933. The summed E-state index contributed by atoms with van der Waals surface area (Å²) in [6, 6.07) is 12.9. The summed E-state index contributed by atoms with van der Waals surface area (Å²) in [4.78, 5) is 17.9. The Morgan fingerprint density at radius 2 is 1.90 bits per heavy atom. The molecular formula is C25H22ClFN2O2. The van der Waals surface area contributed by atoms with Gasteiger partial charge in [0.1, 0.15) is 11.6 Å². The van der Waals surface area contributed by atoms with Crippen molar-refractivity contribution >= 4 is 23.2 Å². The van der Waals surface area contributed by atoms with Gasteiger partial charge in [-0.05, 0) is 74.2 Å². The summed E-state index contributed by atoms with van der Waals surface area (Å²) in [6.45, 7) is 0. The lowest BCUT2D eigenvalue weighted by atomic mass is 9.86. The van der Waals surface area contributed by atoms with E-state index in [0.29, 0.717) is 16.3 Å². The fourth-order valence-electron chi connectivity index (χ4n) is 4.21. The van der Waals surface area contributed by atoms with E-state index in [1.807, 2.05) is 24.3 Å². The lowest BCUT2D eigenvalue weighted by molar-refractivity contribution is 0.0933. The van der Waals surface area contributed by atoms with Crippen LogP contribution in [0, 0.1) is 5.82 Å². The Hall–Kier alpha value is -2.92. The number of fused-ring (bicyclic) bond motifs is 1. The Balaban J connectivity index is 1.44. The number of aliphatic imine (C=N–C) groups is 1. The van der Waals surface area contributed by atoms with Gasteiger partial charge >= 0.3 is 0 Å². The number of ether oxygens (including phenoxy) is 1. The molecule has 1 aliphatic heterocycles. The first-order valence-corrected chi connectivity index (χ1v) is 10.9. The van der Waals surface area contributed by atoms with Crippen molar-refractivity contribution in [1.82, 2.24) is 5.32 Å². The predicted molar refractivity (Wildman–Crippen MR) is 119 cm³/mol. The van der Waals surface area contributed by atoms with E-state index in [4.69, 9.17) is 21.3 Å². The molecule has 3 aliphatic rings. The highest BCUT2D eigenvalue weighted by Crippen LogP contribution is 2.44. The number of allylic oxidation sites excluding steroid dienone is 1. The molecule has 2 aromatic carbocycles. The van der Waals surface area contributed by atoms with Gasteiger partial charge in [-0.3, -0.25) is 4.79 Å². The molecule has 0 spiro atoms. The molecule has 5 rings (SSSR count). The van der Waals surface area contributed by atoms with E-state index in [1.54, 1.807) is 6.07 Å². The van der Waals surface area contributed by atoms with Crippen molar-refractivity contribution in [2.75, 3.05) is 0 Å². The third-order valence-corrected chi connectivity index (χ3v) is 6.27. The second-order valence-corrected chi connectivity index (χ2v) is 8.71.